The molecule has 0 aromatic carbocycles. The molecule has 162 valence electrons. The van der Waals surface area contributed by atoms with Gasteiger partial charge in [0.2, 0.25) is 0 Å². The van der Waals surface area contributed by atoms with Crippen LogP contribution in [0.2, 0.25) is 0 Å². The first-order chi connectivity index (χ1) is 15.0. The zero-order valence-electron chi connectivity index (χ0n) is 18.0. The van der Waals surface area contributed by atoms with E-state index in [0.717, 1.165) is 30.1 Å². The normalized spacial score (nSPS) is 14.0. The first kappa shape index (κ1) is 20.7. The molecule has 4 rings (SSSR count). The third-order valence-electron chi connectivity index (χ3n) is 5.54. The maximum Gasteiger partial charge on any atom is 0.319 e. The molecule has 8 nitrogen and oxygen atoms in total. The van der Waals surface area contributed by atoms with Gasteiger partial charge >= 0.3 is 6.03 Å². The summed E-state index contributed by atoms with van der Waals surface area (Å²) in [7, 11) is 3.55. The molecular weight excluding hydrogens is 392 g/mol. The predicted molar refractivity (Wildman–Crippen MR) is 121 cm³/mol. The maximum atomic E-state index is 12.7. The standard InChI is InChI=1S/C23H28N6O2/c1-26(2)23(31)28-15-13-27(14-16-28)21-9-8-20-7-6-18(17-29(20)21)22(30)25-12-10-19-5-3-4-11-24-19/h3-9,11,17H,10,12-16H2,1-2H3,(H,25,30). The highest BCUT2D eigenvalue weighted by molar-refractivity contribution is 5.94. The molecule has 0 spiro atoms. The molecule has 1 fully saturated rings. The van der Waals surface area contributed by atoms with Crippen LogP contribution >= 0.6 is 0 Å². The largest absolute Gasteiger partial charge is 0.354 e. The second kappa shape index (κ2) is 9.07. The molecule has 3 aromatic rings. The van der Waals surface area contributed by atoms with Crippen molar-refractivity contribution in [2.45, 2.75) is 6.42 Å². The molecule has 0 aliphatic carbocycles. The number of carbonyl (C=O) groups is 2. The van der Waals surface area contributed by atoms with Crippen molar-refractivity contribution in [1.29, 1.82) is 0 Å². The fourth-order valence-electron chi connectivity index (χ4n) is 3.84. The van der Waals surface area contributed by atoms with Crippen LogP contribution in [0.1, 0.15) is 16.1 Å². The Morgan fingerprint density at radius 1 is 1.03 bits per heavy atom. The molecule has 1 N–H and O–H groups in total. The Bertz CT molecular complexity index is 1050. The third kappa shape index (κ3) is 4.63. The molecule has 0 atom stereocenters. The van der Waals surface area contributed by atoms with Crippen molar-refractivity contribution in [3.05, 3.63) is 66.1 Å². The topological polar surface area (TPSA) is 73.2 Å². The summed E-state index contributed by atoms with van der Waals surface area (Å²) in [5.74, 6) is 0.939. The molecule has 0 radical (unpaired) electrons. The Balaban J connectivity index is 1.42. The highest BCUT2D eigenvalue weighted by atomic mass is 16.2. The molecule has 0 unspecified atom stereocenters. The number of fused-ring (bicyclic) bond motifs is 1. The summed E-state index contributed by atoms with van der Waals surface area (Å²) in [4.78, 5) is 34.9. The van der Waals surface area contributed by atoms with Crippen LogP contribution in [0.25, 0.3) is 5.52 Å². The van der Waals surface area contributed by atoms with Gasteiger partial charge in [-0.25, -0.2) is 4.79 Å². The van der Waals surface area contributed by atoms with Crippen LogP contribution in [0, 0.1) is 0 Å². The summed E-state index contributed by atoms with van der Waals surface area (Å²) in [5, 5.41) is 2.98. The van der Waals surface area contributed by atoms with E-state index in [2.05, 4.69) is 31.7 Å². The average molecular weight is 421 g/mol. The Hall–Kier alpha value is -3.55. The summed E-state index contributed by atoms with van der Waals surface area (Å²) >= 11 is 0. The minimum Gasteiger partial charge on any atom is -0.354 e. The monoisotopic (exact) mass is 420 g/mol. The number of nitrogens with zero attached hydrogens (tertiary/aromatic N) is 5. The van der Waals surface area contributed by atoms with Crippen molar-refractivity contribution in [3.63, 3.8) is 0 Å². The van der Waals surface area contributed by atoms with Gasteiger partial charge in [-0.2, -0.15) is 0 Å². The quantitative estimate of drug-likeness (QED) is 0.686. The van der Waals surface area contributed by atoms with Gasteiger partial charge in [0.05, 0.1) is 5.56 Å². The Labute approximate surface area is 182 Å². The Kier molecular flexibility index (Phi) is 6.06. The molecule has 1 aliphatic rings. The predicted octanol–water partition coefficient (Wildman–Crippen LogP) is 2.11. The van der Waals surface area contributed by atoms with Crippen LogP contribution in [0.5, 0.6) is 0 Å². The Morgan fingerprint density at radius 2 is 1.81 bits per heavy atom. The number of hydrogen-bond donors (Lipinski definition) is 1. The van der Waals surface area contributed by atoms with Crippen molar-refractivity contribution in [3.8, 4) is 0 Å². The van der Waals surface area contributed by atoms with Crippen molar-refractivity contribution in [1.82, 2.24) is 24.5 Å². The molecule has 0 saturated carbocycles. The van der Waals surface area contributed by atoms with Gasteiger partial charge in [-0.1, -0.05) is 6.07 Å². The van der Waals surface area contributed by atoms with Crippen molar-refractivity contribution < 1.29 is 9.59 Å². The third-order valence-corrected chi connectivity index (χ3v) is 5.54. The zero-order chi connectivity index (χ0) is 21.8. The molecule has 1 aliphatic heterocycles. The zero-order valence-corrected chi connectivity index (χ0v) is 18.0. The lowest BCUT2D eigenvalue weighted by Crippen LogP contribution is -2.51. The van der Waals surface area contributed by atoms with Crippen LogP contribution in [-0.4, -0.2) is 77.9 Å². The number of anilines is 1. The fraction of sp³-hybridized carbons (Fsp3) is 0.348. The van der Waals surface area contributed by atoms with E-state index in [1.807, 2.05) is 41.4 Å². The maximum absolute atomic E-state index is 12.7. The smallest absolute Gasteiger partial charge is 0.319 e. The van der Waals surface area contributed by atoms with E-state index >= 15 is 0 Å². The van der Waals surface area contributed by atoms with Crippen LogP contribution in [0.4, 0.5) is 10.6 Å². The van der Waals surface area contributed by atoms with Crippen molar-refractivity contribution in [2.24, 2.45) is 0 Å². The number of amides is 3. The van der Waals surface area contributed by atoms with Crippen LogP contribution in [0.3, 0.4) is 0 Å². The van der Waals surface area contributed by atoms with E-state index in [9.17, 15) is 9.59 Å². The molecule has 1 saturated heterocycles. The van der Waals surface area contributed by atoms with E-state index in [4.69, 9.17) is 0 Å². The van der Waals surface area contributed by atoms with Gasteiger partial charge in [-0.3, -0.25) is 9.78 Å². The summed E-state index contributed by atoms with van der Waals surface area (Å²) in [6.07, 6.45) is 4.34. The van der Waals surface area contributed by atoms with Gasteiger partial charge in [0.25, 0.3) is 5.91 Å². The summed E-state index contributed by atoms with van der Waals surface area (Å²) < 4.78 is 2.05. The number of carbonyl (C=O) groups excluding carboxylic acids is 2. The van der Waals surface area contributed by atoms with Crippen molar-refractivity contribution in [2.75, 3.05) is 51.7 Å². The molecule has 3 aromatic heterocycles. The minimum absolute atomic E-state index is 0.0457. The second-order valence-electron chi connectivity index (χ2n) is 7.88. The molecule has 8 heteroatoms. The molecule has 0 bridgehead atoms. The van der Waals surface area contributed by atoms with Crippen LogP contribution < -0.4 is 10.2 Å². The van der Waals surface area contributed by atoms with Gasteiger partial charge in [0.15, 0.2) is 0 Å². The van der Waals surface area contributed by atoms with E-state index in [1.165, 1.54) is 0 Å². The van der Waals surface area contributed by atoms with Gasteiger partial charge in [-0.15, -0.1) is 0 Å². The number of rotatable bonds is 5. The number of urea groups is 1. The summed E-state index contributed by atoms with van der Waals surface area (Å²) in [6, 6.07) is 13.8. The van der Waals surface area contributed by atoms with Gasteiger partial charge in [0.1, 0.15) is 5.82 Å². The first-order valence-corrected chi connectivity index (χ1v) is 10.5. The lowest BCUT2D eigenvalue weighted by molar-refractivity contribution is 0.0953. The number of pyridine rings is 2. The molecule has 4 heterocycles. The lowest BCUT2D eigenvalue weighted by Gasteiger charge is -2.36. The van der Waals surface area contributed by atoms with E-state index < -0.39 is 0 Å². The number of hydrogen-bond acceptors (Lipinski definition) is 4. The average Bonchev–Trinajstić information content (AvgIpc) is 3.22. The minimum atomic E-state index is -0.0983. The van der Waals surface area contributed by atoms with Gasteiger partial charge in [0, 0.05) is 76.8 Å². The van der Waals surface area contributed by atoms with Crippen LogP contribution in [0.15, 0.2) is 54.9 Å². The van der Waals surface area contributed by atoms with E-state index in [0.29, 0.717) is 31.6 Å². The molecular formula is C23H28N6O2. The number of piperazine rings is 1. The van der Waals surface area contributed by atoms with Gasteiger partial charge in [-0.05, 0) is 36.4 Å². The SMILES string of the molecule is CN(C)C(=O)N1CCN(c2ccc3ccc(C(=O)NCCc4ccccn4)cn23)CC1. The van der Waals surface area contributed by atoms with Gasteiger partial charge < -0.3 is 24.4 Å². The summed E-state index contributed by atoms with van der Waals surface area (Å²) in [5.41, 5.74) is 2.61. The molecule has 3 amide bonds. The Morgan fingerprint density at radius 3 is 2.52 bits per heavy atom. The number of aromatic nitrogens is 2. The van der Waals surface area contributed by atoms with Crippen molar-refractivity contribution >= 4 is 23.3 Å². The fourth-order valence-corrected chi connectivity index (χ4v) is 3.84. The molecule has 31 heavy (non-hydrogen) atoms. The first-order valence-electron chi connectivity index (χ1n) is 10.5. The lowest BCUT2D eigenvalue weighted by atomic mass is 10.2. The van der Waals surface area contributed by atoms with E-state index in [1.54, 1.807) is 25.2 Å². The van der Waals surface area contributed by atoms with Crippen LogP contribution in [-0.2, 0) is 6.42 Å². The number of nitrogens with one attached hydrogen (secondary N) is 1. The summed E-state index contributed by atoms with van der Waals surface area (Å²) in [6.45, 7) is 3.41. The highest BCUT2D eigenvalue weighted by Gasteiger charge is 2.23. The second-order valence-corrected chi connectivity index (χ2v) is 7.88. The van der Waals surface area contributed by atoms with E-state index in [-0.39, 0.29) is 11.9 Å². The highest BCUT2D eigenvalue weighted by Crippen LogP contribution is 2.22.